The lowest BCUT2D eigenvalue weighted by atomic mass is 10.1. The minimum Gasteiger partial charge on any atom is -0.444 e. The molecule has 1 atom stereocenters. The van der Waals surface area contributed by atoms with Crippen LogP contribution in [0.2, 0.25) is 0 Å². The van der Waals surface area contributed by atoms with E-state index in [1.54, 1.807) is 39.1 Å². The van der Waals surface area contributed by atoms with Crippen molar-refractivity contribution in [3.8, 4) is 11.3 Å². The number of aromatic nitrogens is 3. The van der Waals surface area contributed by atoms with Gasteiger partial charge in [0.2, 0.25) is 11.9 Å². The average Bonchev–Trinajstić information content (AvgIpc) is 2.88. The number of fused-ring (bicyclic) bond motifs is 2. The van der Waals surface area contributed by atoms with Crippen LogP contribution >= 0.6 is 0 Å². The molecule has 11 nitrogen and oxygen atoms in total. The van der Waals surface area contributed by atoms with Gasteiger partial charge in [0.1, 0.15) is 17.5 Å². The Kier molecular flexibility index (Phi) is 10.8. The van der Waals surface area contributed by atoms with Crippen LogP contribution in [0.25, 0.3) is 11.3 Å². The molecule has 11 heteroatoms. The van der Waals surface area contributed by atoms with E-state index in [-0.39, 0.29) is 5.91 Å². The molecule has 2 aromatic heterocycles. The fraction of sp³-hybridized carbons (Fsp3) is 0.556. The first-order chi connectivity index (χ1) is 18.2. The molecular weight excluding hydrogens is 486 g/mol. The molecule has 0 fully saturated rings. The Balaban J connectivity index is 1.71. The number of nitrogens with one attached hydrogen (secondary N) is 4. The summed E-state index contributed by atoms with van der Waals surface area (Å²) >= 11 is 0. The summed E-state index contributed by atoms with van der Waals surface area (Å²) in [5.41, 5.74) is 1.23. The summed E-state index contributed by atoms with van der Waals surface area (Å²) in [6.45, 7) is 7.26. The highest BCUT2D eigenvalue weighted by Crippen LogP contribution is 2.25. The number of alkyl carbamates (subject to hydrolysis) is 1. The highest BCUT2D eigenvalue weighted by atomic mass is 16.6. The number of rotatable bonds is 3. The predicted octanol–water partition coefficient (Wildman–Crippen LogP) is 3.93. The third kappa shape index (κ3) is 9.60. The van der Waals surface area contributed by atoms with E-state index in [1.165, 1.54) is 6.20 Å². The molecule has 38 heavy (non-hydrogen) atoms. The van der Waals surface area contributed by atoms with Crippen molar-refractivity contribution < 1.29 is 19.1 Å². The lowest BCUT2D eigenvalue weighted by Crippen LogP contribution is -2.48. The van der Waals surface area contributed by atoms with Crippen LogP contribution in [-0.2, 0) is 9.53 Å². The summed E-state index contributed by atoms with van der Waals surface area (Å²) < 4.78 is 5.36. The third-order valence-electron chi connectivity index (χ3n) is 5.89. The predicted molar refractivity (Wildman–Crippen MR) is 146 cm³/mol. The molecule has 1 aliphatic rings. The maximum Gasteiger partial charge on any atom is 0.408 e. The van der Waals surface area contributed by atoms with Crippen LogP contribution in [0.4, 0.5) is 16.6 Å². The zero-order valence-corrected chi connectivity index (χ0v) is 22.5. The van der Waals surface area contributed by atoms with E-state index in [2.05, 4.69) is 36.2 Å². The Morgan fingerprint density at radius 1 is 0.974 bits per heavy atom. The van der Waals surface area contributed by atoms with Crippen molar-refractivity contribution in [3.05, 3.63) is 30.1 Å². The molecule has 2 amide bonds. The molecule has 0 aromatic carbocycles. The minimum atomic E-state index is -0.672. The Morgan fingerprint density at radius 2 is 1.68 bits per heavy atom. The number of anilines is 2. The topological polar surface area (TPSA) is 147 Å². The number of pyridine rings is 1. The van der Waals surface area contributed by atoms with Crippen molar-refractivity contribution in [3.63, 3.8) is 0 Å². The molecule has 2 bridgehead atoms. The molecule has 2 aromatic rings. The van der Waals surface area contributed by atoms with Gasteiger partial charge in [0.15, 0.2) is 6.29 Å². The Morgan fingerprint density at radius 3 is 2.37 bits per heavy atom. The highest BCUT2D eigenvalue weighted by molar-refractivity contribution is 5.85. The maximum absolute atomic E-state index is 12.8. The summed E-state index contributed by atoms with van der Waals surface area (Å²) in [6.07, 6.45) is 9.09. The summed E-state index contributed by atoms with van der Waals surface area (Å²) in [7, 11) is 0. The number of hydrogen-bond acceptors (Lipinski definition) is 9. The first-order valence-electron chi connectivity index (χ1n) is 13.3. The number of carbonyl (C=O) groups excluding carboxylic acids is 3. The second-order valence-electron chi connectivity index (χ2n) is 10.3. The molecule has 0 saturated heterocycles. The van der Waals surface area contributed by atoms with Gasteiger partial charge in [-0.15, -0.1) is 0 Å². The van der Waals surface area contributed by atoms with E-state index >= 15 is 0 Å². The van der Waals surface area contributed by atoms with Crippen LogP contribution < -0.4 is 21.3 Å². The van der Waals surface area contributed by atoms with Crippen molar-refractivity contribution in [2.45, 2.75) is 77.4 Å². The number of carbonyl (C=O) groups is 3. The van der Waals surface area contributed by atoms with Crippen LogP contribution in [-0.4, -0.2) is 64.5 Å². The van der Waals surface area contributed by atoms with Gasteiger partial charge in [-0.1, -0.05) is 12.8 Å². The second kappa shape index (κ2) is 14.3. The van der Waals surface area contributed by atoms with Gasteiger partial charge in [-0.2, -0.15) is 4.98 Å². The highest BCUT2D eigenvalue weighted by Gasteiger charge is 2.24. The fourth-order valence-corrected chi connectivity index (χ4v) is 3.96. The van der Waals surface area contributed by atoms with Crippen LogP contribution in [0.1, 0.15) is 76.1 Å². The molecule has 0 radical (unpaired) electrons. The van der Waals surface area contributed by atoms with E-state index in [1.807, 2.05) is 0 Å². The zero-order valence-electron chi connectivity index (χ0n) is 22.5. The van der Waals surface area contributed by atoms with E-state index in [9.17, 15) is 14.4 Å². The minimum absolute atomic E-state index is 0.195. The largest absolute Gasteiger partial charge is 0.444 e. The number of ether oxygens (including phenoxy) is 1. The first kappa shape index (κ1) is 28.8. The molecule has 0 saturated carbocycles. The second-order valence-corrected chi connectivity index (χ2v) is 10.3. The normalized spacial score (nSPS) is 18.0. The van der Waals surface area contributed by atoms with E-state index in [0.717, 1.165) is 50.5 Å². The van der Waals surface area contributed by atoms with Gasteiger partial charge in [-0.05, 0) is 65.0 Å². The fourth-order valence-electron chi connectivity index (χ4n) is 3.96. The molecule has 1 aliphatic heterocycles. The van der Waals surface area contributed by atoms with Crippen molar-refractivity contribution in [2.75, 3.05) is 30.3 Å². The van der Waals surface area contributed by atoms with Gasteiger partial charge >= 0.3 is 6.09 Å². The number of hydrogen-bond donors (Lipinski definition) is 4. The number of amides is 2. The summed E-state index contributed by atoms with van der Waals surface area (Å²) in [5.74, 6) is 0.978. The van der Waals surface area contributed by atoms with Crippen LogP contribution in [0, 0.1) is 0 Å². The smallest absolute Gasteiger partial charge is 0.408 e. The van der Waals surface area contributed by atoms with Gasteiger partial charge in [0.25, 0.3) is 0 Å². The first-order valence-corrected chi connectivity index (χ1v) is 13.3. The summed E-state index contributed by atoms with van der Waals surface area (Å²) in [4.78, 5) is 49.7. The lowest BCUT2D eigenvalue weighted by molar-refractivity contribution is -0.123. The van der Waals surface area contributed by atoms with Crippen LogP contribution in [0.5, 0.6) is 0 Å². The van der Waals surface area contributed by atoms with Gasteiger partial charge in [0, 0.05) is 37.6 Å². The Labute approximate surface area is 224 Å². The number of nitrogens with zero attached hydrogens (tertiary/aromatic N) is 3. The van der Waals surface area contributed by atoms with Crippen molar-refractivity contribution in [2.24, 2.45) is 0 Å². The molecule has 3 rings (SSSR count). The van der Waals surface area contributed by atoms with Crippen LogP contribution in [0.3, 0.4) is 0 Å². The molecule has 3 heterocycles. The Bertz CT molecular complexity index is 1070. The number of aldehydes is 1. The van der Waals surface area contributed by atoms with Crippen molar-refractivity contribution >= 4 is 30.1 Å². The monoisotopic (exact) mass is 525 g/mol. The van der Waals surface area contributed by atoms with Crippen LogP contribution in [0.15, 0.2) is 24.5 Å². The van der Waals surface area contributed by atoms with Gasteiger partial charge in [-0.25, -0.2) is 9.78 Å². The lowest BCUT2D eigenvalue weighted by Gasteiger charge is -2.23. The maximum atomic E-state index is 12.8. The van der Waals surface area contributed by atoms with Crippen molar-refractivity contribution in [1.29, 1.82) is 0 Å². The van der Waals surface area contributed by atoms with E-state index < -0.39 is 17.7 Å². The molecule has 4 N–H and O–H groups in total. The van der Waals surface area contributed by atoms with Gasteiger partial charge < -0.3 is 26.0 Å². The summed E-state index contributed by atoms with van der Waals surface area (Å²) in [6, 6.07) is 2.80. The molecule has 0 unspecified atom stereocenters. The molecule has 0 spiro atoms. The zero-order chi connectivity index (χ0) is 27.4. The van der Waals surface area contributed by atoms with Gasteiger partial charge in [-0.3, -0.25) is 14.6 Å². The quantitative estimate of drug-likeness (QED) is 0.438. The van der Waals surface area contributed by atoms with Crippen molar-refractivity contribution in [1.82, 2.24) is 25.6 Å². The molecular formula is C27H39N7O4. The summed E-state index contributed by atoms with van der Waals surface area (Å²) in [5, 5.41) is 12.3. The average molecular weight is 526 g/mol. The SMILES string of the molecule is CC(C)(C)OC(=O)N[C@@H]1CCCCNc2nc(ncc2-c2ccc(C=O)cn2)NCCCCCCNC1=O. The third-order valence-corrected chi connectivity index (χ3v) is 5.89. The van der Waals surface area contributed by atoms with E-state index in [4.69, 9.17) is 4.74 Å². The van der Waals surface area contributed by atoms with Gasteiger partial charge in [0.05, 0.1) is 11.3 Å². The molecule has 0 aliphatic carbocycles. The van der Waals surface area contributed by atoms with E-state index in [0.29, 0.717) is 49.0 Å². The standard InChI is InChI=1S/C27H39N7O4/c1-27(2,3)38-26(37)33-22-10-6-9-13-28-23-20(21-12-11-19(18-35)16-31-21)17-32-25(34-23)30-15-8-5-4-7-14-29-24(22)36/h11-12,16-18,22H,4-10,13-15H2,1-3H3,(H,29,36)(H,33,37)(H2,28,30,32,34)/t22-/m1/s1. The molecule has 206 valence electrons. The Hall–Kier alpha value is -3.76.